The zero-order valence-electron chi connectivity index (χ0n) is 10.8. The molecule has 88 valence electrons. The minimum Gasteiger partial charge on any atom is -0.295 e. The van der Waals surface area contributed by atoms with Crippen LogP contribution in [0.5, 0.6) is 0 Å². The van der Waals surface area contributed by atoms with Gasteiger partial charge in [0, 0.05) is 5.92 Å². The summed E-state index contributed by atoms with van der Waals surface area (Å²) in [7, 11) is 0. The lowest BCUT2D eigenvalue weighted by atomic mass is 9.63. The van der Waals surface area contributed by atoms with E-state index in [2.05, 4.69) is 27.7 Å². The Kier molecular flexibility index (Phi) is 3.05. The van der Waals surface area contributed by atoms with Crippen LogP contribution in [0.2, 0.25) is 0 Å². The normalized spacial score (nSPS) is 34.5. The molecule has 1 nitrogen and oxygen atoms in total. The van der Waals surface area contributed by atoms with E-state index in [-0.39, 0.29) is 5.92 Å². The van der Waals surface area contributed by atoms with E-state index in [1.54, 1.807) is 5.57 Å². The minimum atomic E-state index is 0.266. The second-order valence-electron chi connectivity index (χ2n) is 5.77. The van der Waals surface area contributed by atoms with E-state index in [1.165, 1.54) is 24.0 Å². The standard InChI is InChI=1S/C15H22O/c1-9(2)12-6-5-11(4)15-13(12)7-10(3)8-14(15)16/h8,11,13,15H,5-7H2,1-4H3. The van der Waals surface area contributed by atoms with Crippen LogP contribution in [-0.2, 0) is 4.79 Å². The molecule has 0 aromatic heterocycles. The highest BCUT2D eigenvalue weighted by atomic mass is 16.1. The third kappa shape index (κ3) is 1.88. The Morgan fingerprint density at radius 3 is 2.69 bits per heavy atom. The van der Waals surface area contributed by atoms with Crippen molar-refractivity contribution in [3.05, 3.63) is 22.8 Å². The van der Waals surface area contributed by atoms with E-state index in [0.717, 1.165) is 6.42 Å². The largest absolute Gasteiger partial charge is 0.295 e. The van der Waals surface area contributed by atoms with Gasteiger partial charge in [0.2, 0.25) is 0 Å². The Morgan fingerprint density at radius 2 is 2.06 bits per heavy atom. The third-order valence-corrected chi connectivity index (χ3v) is 4.26. The topological polar surface area (TPSA) is 17.1 Å². The molecule has 0 N–H and O–H groups in total. The summed E-state index contributed by atoms with van der Waals surface area (Å²) in [5.74, 6) is 1.71. The summed E-state index contributed by atoms with van der Waals surface area (Å²) >= 11 is 0. The second kappa shape index (κ2) is 4.20. The monoisotopic (exact) mass is 218 g/mol. The molecule has 2 aliphatic carbocycles. The maximum absolute atomic E-state index is 12.1. The number of allylic oxidation sites excluding steroid dienone is 4. The zero-order chi connectivity index (χ0) is 11.9. The van der Waals surface area contributed by atoms with Gasteiger partial charge in [-0.15, -0.1) is 0 Å². The van der Waals surface area contributed by atoms with Crippen molar-refractivity contribution in [2.45, 2.75) is 47.0 Å². The summed E-state index contributed by atoms with van der Waals surface area (Å²) in [4.78, 5) is 12.1. The number of carbonyl (C=O) groups excluding carboxylic acids is 1. The number of hydrogen-bond acceptors (Lipinski definition) is 1. The van der Waals surface area contributed by atoms with Crippen molar-refractivity contribution in [2.75, 3.05) is 0 Å². The van der Waals surface area contributed by atoms with Gasteiger partial charge >= 0.3 is 0 Å². The molecule has 1 saturated carbocycles. The Bertz CT molecular complexity index is 369. The third-order valence-electron chi connectivity index (χ3n) is 4.26. The van der Waals surface area contributed by atoms with Gasteiger partial charge in [-0.3, -0.25) is 4.79 Å². The lowest BCUT2D eigenvalue weighted by Gasteiger charge is -2.40. The van der Waals surface area contributed by atoms with Crippen LogP contribution in [0.25, 0.3) is 0 Å². The number of fused-ring (bicyclic) bond motifs is 1. The van der Waals surface area contributed by atoms with E-state index < -0.39 is 0 Å². The zero-order valence-corrected chi connectivity index (χ0v) is 10.8. The molecule has 2 rings (SSSR count). The summed E-state index contributed by atoms with van der Waals surface area (Å²) in [6, 6.07) is 0. The van der Waals surface area contributed by atoms with Crippen molar-refractivity contribution >= 4 is 5.78 Å². The van der Waals surface area contributed by atoms with E-state index in [1.807, 2.05) is 6.08 Å². The average molecular weight is 218 g/mol. The molecule has 0 amide bonds. The molecule has 0 radical (unpaired) electrons. The molecular formula is C15H22O. The van der Waals surface area contributed by atoms with E-state index in [0.29, 0.717) is 17.6 Å². The quantitative estimate of drug-likeness (QED) is 0.563. The highest BCUT2D eigenvalue weighted by molar-refractivity contribution is 5.94. The Balaban J connectivity index is 2.40. The molecule has 2 aliphatic rings. The fourth-order valence-corrected chi connectivity index (χ4v) is 3.46. The van der Waals surface area contributed by atoms with Crippen molar-refractivity contribution in [3.63, 3.8) is 0 Å². The van der Waals surface area contributed by atoms with Gasteiger partial charge in [0.15, 0.2) is 5.78 Å². The van der Waals surface area contributed by atoms with Crippen LogP contribution in [0.1, 0.15) is 47.0 Å². The van der Waals surface area contributed by atoms with E-state index in [9.17, 15) is 4.79 Å². The van der Waals surface area contributed by atoms with Crippen LogP contribution >= 0.6 is 0 Å². The Hall–Kier alpha value is -0.850. The van der Waals surface area contributed by atoms with Gasteiger partial charge in [-0.05, 0) is 57.9 Å². The molecular weight excluding hydrogens is 196 g/mol. The minimum absolute atomic E-state index is 0.266. The average Bonchev–Trinajstić information content (AvgIpc) is 2.15. The van der Waals surface area contributed by atoms with Gasteiger partial charge in [-0.25, -0.2) is 0 Å². The van der Waals surface area contributed by atoms with Gasteiger partial charge in [-0.1, -0.05) is 23.6 Å². The lowest BCUT2D eigenvalue weighted by molar-refractivity contribution is -0.122. The molecule has 0 saturated heterocycles. The summed E-state index contributed by atoms with van der Waals surface area (Å²) in [6.45, 7) is 8.73. The summed E-state index contributed by atoms with van der Waals surface area (Å²) in [5, 5.41) is 0. The first-order valence-electron chi connectivity index (χ1n) is 6.38. The number of ketones is 1. The molecule has 0 heterocycles. The Morgan fingerprint density at radius 1 is 1.38 bits per heavy atom. The van der Waals surface area contributed by atoms with Crippen molar-refractivity contribution in [3.8, 4) is 0 Å². The molecule has 3 unspecified atom stereocenters. The van der Waals surface area contributed by atoms with Crippen molar-refractivity contribution in [2.24, 2.45) is 17.8 Å². The van der Waals surface area contributed by atoms with Gasteiger partial charge in [0.1, 0.15) is 0 Å². The van der Waals surface area contributed by atoms with Crippen molar-refractivity contribution in [1.82, 2.24) is 0 Å². The first-order chi connectivity index (χ1) is 7.50. The number of hydrogen-bond donors (Lipinski definition) is 0. The molecule has 0 aromatic rings. The molecule has 16 heavy (non-hydrogen) atoms. The van der Waals surface area contributed by atoms with E-state index in [4.69, 9.17) is 0 Å². The molecule has 0 aromatic carbocycles. The fourth-order valence-electron chi connectivity index (χ4n) is 3.46. The molecule has 1 fully saturated rings. The van der Waals surface area contributed by atoms with Crippen LogP contribution in [0.3, 0.4) is 0 Å². The predicted molar refractivity (Wildman–Crippen MR) is 67.1 cm³/mol. The van der Waals surface area contributed by atoms with Crippen LogP contribution in [0, 0.1) is 17.8 Å². The molecule has 0 bridgehead atoms. The molecule has 1 heteroatoms. The summed E-state index contributed by atoms with van der Waals surface area (Å²) in [5.41, 5.74) is 4.26. The SMILES string of the molecule is CC1=CC(=O)C2C(C)CCC(=C(C)C)C2C1. The first-order valence-corrected chi connectivity index (χ1v) is 6.38. The summed E-state index contributed by atoms with van der Waals surface area (Å²) < 4.78 is 0. The van der Waals surface area contributed by atoms with Crippen molar-refractivity contribution in [1.29, 1.82) is 0 Å². The van der Waals surface area contributed by atoms with Gasteiger partial charge in [0.05, 0.1) is 0 Å². The fraction of sp³-hybridized carbons (Fsp3) is 0.667. The van der Waals surface area contributed by atoms with Crippen LogP contribution in [-0.4, -0.2) is 5.78 Å². The van der Waals surface area contributed by atoms with E-state index >= 15 is 0 Å². The number of rotatable bonds is 0. The molecule has 3 atom stereocenters. The van der Waals surface area contributed by atoms with Crippen molar-refractivity contribution < 1.29 is 4.79 Å². The number of carbonyl (C=O) groups is 1. The predicted octanol–water partition coefficient (Wildman–Crippen LogP) is 3.90. The molecule has 0 spiro atoms. The highest BCUT2D eigenvalue weighted by Gasteiger charge is 2.40. The highest BCUT2D eigenvalue weighted by Crippen LogP contribution is 2.45. The Labute approximate surface area is 98.6 Å². The van der Waals surface area contributed by atoms with Crippen LogP contribution < -0.4 is 0 Å². The first kappa shape index (κ1) is 11.6. The summed E-state index contributed by atoms with van der Waals surface area (Å²) in [6.07, 6.45) is 5.36. The van der Waals surface area contributed by atoms with Gasteiger partial charge in [0.25, 0.3) is 0 Å². The maximum Gasteiger partial charge on any atom is 0.159 e. The molecule has 0 aliphatic heterocycles. The van der Waals surface area contributed by atoms with Gasteiger partial charge in [-0.2, -0.15) is 0 Å². The maximum atomic E-state index is 12.1. The lowest BCUT2D eigenvalue weighted by Crippen LogP contribution is -2.37. The second-order valence-corrected chi connectivity index (χ2v) is 5.77. The smallest absolute Gasteiger partial charge is 0.159 e. The van der Waals surface area contributed by atoms with Crippen LogP contribution in [0.4, 0.5) is 0 Å². The van der Waals surface area contributed by atoms with Gasteiger partial charge < -0.3 is 0 Å². The van der Waals surface area contributed by atoms with Crippen LogP contribution in [0.15, 0.2) is 22.8 Å².